The molecule has 17 heavy (non-hydrogen) atoms. The molecule has 1 heterocycles. The number of rotatable bonds is 5. The van der Waals surface area contributed by atoms with E-state index >= 15 is 0 Å². The molecule has 0 bridgehead atoms. The maximum atomic E-state index is 3.79. The van der Waals surface area contributed by atoms with Gasteiger partial charge in [-0.15, -0.1) is 0 Å². The molecule has 1 N–H and O–H groups in total. The zero-order valence-electron chi connectivity index (χ0n) is 11.5. The lowest BCUT2D eigenvalue weighted by molar-refractivity contribution is 0.0990. The number of nitrogens with zero attached hydrogens (tertiary/aromatic N) is 1. The number of nitrogens with one attached hydrogen (secondary N) is 1. The van der Waals surface area contributed by atoms with Crippen LogP contribution in [0.5, 0.6) is 0 Å². The van der Waals surface area contributed by atoms with E-state index in [0.29, 0.717) is 0 Å². The maximum absolute atomic E-state index is 3.79. The molecular weight excluding hydrogens is 208 g/mol. The van der Waals surface area contributed by atoms with Crippen molar-refractivity contribution in [2.45, 2.75) is 58.0 Å². The minimum absolute atomic E-state index is 0.797. The molecule has 3 rings (SSSR count). The average molecular weight is 236 g/mol. The van der Waals surface area contributed by atoms with Crippen molar-refractivity contribution in [1.82, 2.24) is 10.2 Å². The monoisotopic (exact) mass is 236 g/mol. The Labute approximate surface area is 106 Å². The van der Waals surface area contributed by atoms with Crippen molar-refractivity contribution < 1.29 is 0 Å². The van der Waals surface area contributed by atoms with Gasteiger partial charge in [0.15, 0.2) is 0 Å². The van der Waals surface area contributed by atoms with Gasteiger partial charge >= 0.3 is 0 Å². The fraction of sp³-hybridized carbons (Fsp3) is 1.00. The topological polar surface area (TPSA) is 15.3 Å². The Hall–Kier alpha value is -0.0800. The number of hydrogen-bond donors (Lipinski definition) is 1. The zero-order valence-corrected chi connectivity index (χ0v) is 11.5. The second-order valence-electron chi connectivity index (χ2n) is 6.68. The van der Waals surface area contributed by atoms with Crippen molar-refractivity contribution >= 4 is 0 Å². The van der Waals surface area contributed by atoms with Crippen molar-refractivity contribution in [2.24, 2.45) is 17.8 Å². The Balaban J connectivity index is 1.56. The first kappa shape index (κ1) is 12.0. The first-order valence-electron chi connectivity index (χ1n) is 7.75. The fourth-order valence-corrected chi connectivity index (χ4v) is 3.51. The second kappa shape index (κ2) is 4.89. The van der Waals surface area contributed by atoms with Gasteiger partial charge < -0.3 is 5.32 Å². The van der Waals surface area contributed by atoms with E-state index in [1.54, 1.807) is 0 Å². The van der Waals surface area contributed by atoms with Gasteiger partial charge in [-0.1, -0.05) is 13.8 Å². The molecule has 0 spiro atoms. The van der Waals surface area contributed by atoms with E-state index in [0.717, 1.165) is 29.8 Å². The summed E-state index contributed by atoms with van der Waals surface area (Å²) < 4.78 is 0. The Morgan fingerprint density at radius 3 is 2.59 bits per heavy atom. The molecule has 3 unspecified atom stereocenters. The minimum atomic E-state index is 0.797. The molecule has 2 aliphatic carbocycles. The first-order chi connectivity index (χ1) is 8.28. The van der Waals surface area contributed by atoms with Gasteiger partial charge in [0.2, 0.25) is 0 Å². The number of hydrogen-bond acceptors (Lipinski definition) is 2. The van der Waals surface area contributed by atoms with Crippen LogP contribution in [-0.2, 0) is 0 Å². The third-order valence-electron chi connectivity index (χ3n) is 5.17. The van der Waals surface area contributed by atoms with Crippen LogP contribution >= 0.6 is 0 Å². The smallest absolute Gasteiger partial charge is 0.0224 e. The van der Waals surface area contributed by atoms with E-state index in [4.69, 9.17) is 0 Å². The quantitative estimate of drug-likeness (QED) is 0.789. The molecule has 2 nitrogen and oxygen atoms in total. The third kappa shape index (κ3) is 2.85. The van der Waals surface area contributed by atoms with Crippen molar-refractivity contribution in [1.29, 1.82) is 0 Å². The van der Waals surface area contributed by atoms with E-state index in [1.165, 1.54) is 51.7 Å². The highest BCUT2D eigenvalue weighted by Crippen LogP contribution is 2.38. The van der Waals surface area contributed by atoms with Gasteiger partial charge in [0, 0.05) is 31.7 Å². The lowest BCUT2D eigenvalue weighted by Gasteiger charge is -2.41. The van der Waals surface area contributed by atoms with Gasteiger partial charge in [0.1, 0.15) is 0 Å². The van der Waals surface area contributed by atoms with Gasteiger partial charge in [-0.2, -0.15) is 0 Å². The molecule has 0 radical (unpaired) electrons. The third-order valence-corrected chi connectivity index (χ3v) is 5.17. The SMILES string of the molecule is CCC1CNC(C2CC2)CN1CC(C)C1CC1. The van der Waals surface area contributed by atoms with Gasteiger partial charge in [0.05, 0.1) is 0 Å². The molecule has 0 aromatic rings. The molecular formula is C15H28N2. The molecule has 3 atom stereocenters. The van der Waals surface area contributed by atoms with Crippen LogP contribution < -0.4 is 5.32 Å². The Bertz CT molecular complexity index is 256. The lowest BCUT2D eigenvalue weighted by atomic mass is 9.99. The highest BCUT2D eigenvalue weighted by atomic mass is 15.2. The number of piperazine rings is 1. The van der Waals surface area contributed by atoms with Crippen LogP contribution in [0.15, 0.2) is 0 Å². The minimum Gasteiger partial charge on any atom is -0.311 e. The highest BCUT2D eigenvalue weighted by Gasteiger charge is 2.38. The van der Waals surface area contributed by atoms with Gasteiger partial charge in [-0.3, -0.25) is 4.90 Å². The van der Waals surface area contributed by atoms with Gasteiger partial charge in [-0.25, -0.2) is 0 Å². The summed E-state index contributed by atoms with van der Waals surface area (Å²) in [4.78, 5) is 2.81. The van der Waals surface area contributed by atoms with Crippen molar-refractivity contribution in [3.8, 4) is 0 Å². The Morgan fingerprint density at radius 2 is 2.00 bits per heavy atom. The van der Waals surface area contributed by atoms with E-state index in [-0.39, 0.29) is 0 Å². The first-order valence-corrected chi connectivity index (χ1v) is 7.75. The fourth-order valence-electron chi connectivity index (χ4n) is 3.51. The van der Waals surface area contributed by atoms with Crippen LogP contribution in [0.3, 0.4) is 0 Å². The summed E-state index contributed by atoms with van der Waals surface area (Å²) in [6.45, 7) is 8.72. The maximum Gasteiger partial charge on any atom is 0.0224 e. The van der Waals surface area contributed by atoms with Crippen molar-refractivity contribution in [3.05, 3.63) is 0 Å². The van der Waals surface area contributed by atoms with Crippen molar-refractivity contribution in [3.63, 3.8) is 0 Å². The summed E-state index contributed by atoms with van der Waals surface area (Å²) in [5.41, 5.74) is 0. The molecule has 3 aliphatic rings. The molecule has 98 valence electrons. The Kier molecular flexibility index (Phi) is 3.45. The van der Waals surface area contributed by atoms with Gasteiger partial charge in [-0.05, 0) is 49.9 Å². The van der Waals surface area contributed by atoms with Crippen LogP contribution in [0.4, 0.5) is 0 Å². The van der Waals surface area contributed by atoms with Crippen LogP contribution in [0, 0.1) is 17.8 Å². The molecule has 0 amide bonds. The highest BCUT2D eigenvalue weighted by molar-refractivity contribution is 4.95. The molecule has 2 heteroatoms. The zero-order chi connectivity index (χ0) is 11.8. The van der Waals surface area contributed by atoms with Crippen LogP contribution in [-0.4, -0.2) is 36.6 Å². The Morgan fingerprint density at radius 1 is 1.24 bits per heavy atom. The van der Waals surface area contributed by atoms with Crippen molar-refractivity contribution in [2.75, 3.05) is 19.6 Å². The summed E-state index contributed by atoms with van der Waals surface area (Å²) in [5, 5.41) is 3.79. The predicted octanol–water partition coefficient (Wildman–Crippen LogP) is 2.49. The average Bonchev–Trinajstić information content (AvgIpc) is 3.20. The molecule has 1 aliphatic heterocycles. The summed E-state index contributed by atoms with van der Waals surface area (Å²) >= 11 is 0. The lowest BCUT2D eigenvalue weighted by Crippen LogP contribution is -2.57. The molecule has 1 saturated heterocycles. The van der Waals surface area contributed by atoms with Crippen LogP contribution in [0.25, 0.3) is 0 Å². The standard InChI is InChI=1S/C15H28N2/c1-3-14-8-16-15(13-6-7-13)10-17(14)9-11(2)12-4-5-12/h11-16H,3-10H2,1-2H3. The van der Waals surface area contributed by atoms with E-state index in [9.17, 15) is 0 Å². The summed E-state index contributed by atoms with van der Waals surface area (Å²) in [6, 6.07) is 1.61. The normalized spacial score (nSPS) is 37.1. The van der Waals surface area contributed by atoms with E-state index in [1.807, 2.05) is 0 Å². The van der Waals surface area contributed by atoms with Crippen LogP contribution in [0.1, 0.15) is 46.0 Å². The van der Waals surface area contributed by atoms with Gasteiger partial charge in [0.25, 0.3) is 0 Å². The summed E-state index contributed by atoms with van der Waals surface area (Å²) in [7, 11) is 0. The van der Waals surface area contributed by atoms with E-state index in [2.05, 4.69) is 24.1 Å². The predicted molar refractivity (Wildman–Crippen MR) is 72.1 cm³/mol. The molecule has 0 aromatic heterocycles. The van der Waals surface area contributed by atoms with E-state index < -0.39 is 0 Å². The molecule has 3 fully saturated rings. The second-order valence-corrected chi connectivity index (χ2v) is 6.68. The summed E-state index contributed by atoms with van der Waals surface area (Å²) in [6.07, 6.45) is 7.24. The van der Waals surface area contributed by atoms with Crippen LogP contribution in [0.2, 0.25) is 0 Å². The summed E-state index contributed by atoms with van der Waals surface area (Å²) in [5.74, 6) is 3.00. The molecule has 0 aromatic carbocycles. The largest absolute Gasteiger partial charge is 0.311 e. The molecule has 2 saturated carbocycles.